The molecule has 9 heteroatoms. The van der Waals surface area contributed by atoms with Gasteiger partial charge in [0.2, 0.25) is 0 Å². The fourth-order valence-electron chi connectivity index (χ4n) is 3.05. The summed E-state index contributed by atoms with van der Waals surface area (Å²) in [5.74, 6) is -1.19. The Morgan fingerprint density at radius 2 is 1.93 bits per heavy atom. The lowest BCUT2D eigenvalue weighted by Crippen LogP contribution is -2.38. The first-order valence-corrected chi connectivity index (χ1v) is 9.10. The van der Waals surface area contributed by atoms with Crippen molar-refractivity contribution in [3.8, 4) is 5.75 Å². The lowest BCUT2D eigenvalue weighted by Gasteiger charge is -2.15. The number of para-hydroxylation sites is 1. The molecule has 8 nitrogen and oxygen atoms in total. The Bertz CT molecular complexity index is 1200. The predicted octanol–water partition coefficient (Wildman–Crippen LogP) is 1.74. The number of nitrogens with zero attached hydrogens (tertiary/aromatic N) is 3. The van der Waals surface area contributed by atoms with E-state index in [0.29, 0.717) is 12.0 Å². The molecule has 3 aromatic rings. The zero-order chi connectivity index (χ0) is 21.1. The van der Waals surface area contributed by atoms with Gasteiger partial charge < -0.3 is 10.1 Å². The normalized spacial score (nSPS) is 10.9. The zero-order valence-electron chi connectivity index (χ0n) is 16.4. The third-order valence-corrected chi connectivity index (χ3v) is 4.53. The second-order valence-electron chi connectivity index (χ2n) is 6.58. The number of aryl methyl sites for hydroxylation is 2. The molecule has 0 radical (unpaired) electrons. The molecule has 0 aliphatic heterocycles. The number of amides is 1. The lowest BCUT2D eigenvalue weighted by molar-refractivity contribution is -0.118. The maximum atomic E-state index is 13.7. The minimum Gasteiger partial charge on any atom is -0.481 e. The molecular formula is C20H21FN4O4. The van der Waals surface area contributed by atoms with E-state index in [1.54, 1.807) is 6.07 Å². The van der Waals surface area contributed by atoms with Crippen LogP contribution in [0.5, 0.6) is 5.75 Å². The third-order valence-electron chi connectivity index (χ3n) is 4.53. The molecule has 0 aliphatic carbocycles. The van der Waals surface area contributed by atoms with Crippen LogP contribution in [-0.2, 0) is 25.3 Å². The Kier molecular flexibility index (Phi) is 5.76. The fourth-order valence-corrected chi connectivity index (χ4v) is 3.05. The number of pyridine rings is 1. The van der Waals surface area contributed by atoms with Crippen LogP contribution in [-0.4, -0.2) is 26.6 Å². The highest BCUT2D eigenvalue weighted by atomic mass is 19.1. The number of carbonyl (C=O) groups excluding carboxylic acids is 1. The molecule has 1 N–H and O–H groups in total. The monoisotopic (exact) mass is 400 g/mol. The van der Waals surface area contributed by atoms with Gasteiger partial charge in [-0.25, -0.2) is 14.2 Å². The maximum Gasteiger partial charge on any atom is 0.332 e. The van der Waals surface area contributed by atoms with Crippen LogP contribution in [0.3, 0.4) is 0 Å². The van der Waals surface area contributed by atoms with Crippen LogP contribution >= 0.6 is 0 Å². The summed E-state index contributed by atoms with van der Waals surface area (Å²) in [6, 6.07) is 5.75. The van der Waals surface area contributed by atoms with Crippen LogP contribution in [0.25, 0.3) is 11.0 Å². The lowest BCUT2D eigenvalue weighted by atomic mass is 10.1. The van der Waals surface area contributed by atoms with Gasteiger partial charge in [0.25, 0.3) is 11.5 Å². The minimum absolute atomic E-state index is 0.0469. The van der Waals surface area contributed by atoms with Gasteiger partial charge in [0.05, 0.1) is 5.69 Å². The van der Waals surface area contributed by atoms with Crippen LogP contribution in [0.2, 0.25) is 0 Å². The van der Waals surface area contributed by atoms with Crippen LogP contribution in [0.15, 0.2) is 40.1 Å². The first kappa shape index (κ1) is 20.2. The SMILES string of the molecule is CCCc1cnc2c(c1NC(=O)COc1ccccc1F)c(=O)n(C)c(=O)n2C. The van der Waals surface area contributed by atoms with E-state index in [9.17, 15) is 18.8 Å². The molecular weight excluding hydrogens is 379 g/mol. The number of ether oxygens (including phenoxy) is 1. The number of rotatable bonds is 6. The van der Waals surface area contributed by atoms with Gasteiger partial charge in [-0.3, -0.25) is 18.7 Å². The highest BCUT2D eigenvalue weighted by Crippen LogP contribution is 2.24. The molecule has 2 heterocycles. The number of fused-ring (bicyclic) bond motifs is 1. The van der Waals surface area contributed by atoms with E-state index in [2.05, 4.69) is 10.3 Å². The minimum atomic E-state index is -0.579. The molecule has 2 aromatic heterocycles. The first-order valence-electron chi connectivity index (χ1n) is 9.10. The first-order chi connectivity index (χ1) is 13.8. The molecule has 0 bridgehead atoms. The van der Waals surface area contributed by atoms with E-state index in [-0.39, 0.29) is 22.5 Å². The Balaban J connectivity index is 2.01. The summed E-state index contributed by atoms with van der Waals surface area (Å²) in [6.45, 7) is 1.51. The van der Waals surface area contributed by atoms with E-state index in [0.717, 1.165) is 11.0 Å². The van der Waals surface area contributed by atoms with Gasteiger partial charge in [0.1, 0.15) is 5.39 Å². The van der Waals surface area contributed by atoms with Crippen molar-refractivity contribution in [2.24, 2.45) is 14.1 Å². The fraction of sp³-hybridized carbons (Fsp3) is 0.300. The van der Waals surface area contributed by atoms with Crippen LogP contribution in [0, 0.1) is 5.82 Å². The van der Waals surface area contributed by atoms with Crippen LogP contribution in [0.4, 0.5) is 10.1 Å². The van der Waals surface area contributed by atoms with Gasteiger partial charge in [0.15, 0.2) is 23.8 Å². The summed E-state index contributed by atoms with van der Waals surface area (Å²) in [4.78, 5) is 41.7. The number of nitrogens with one attached hydrogen (secondary N) is 1. The Labute approximate surface area is 165 Å². The molecule has 0 unspecified atom stereocenters. The summed E-state index contributed by atoms with van der Waals surface area (Å²) < 4.78 is 21.1. The van der Waals surface area contributed by atoms with E-state index in [1.807, 2.05) is 6.92 Å². The number of aromatic nitrogens is 3. The molecule has 0 aliphatic rings. The van der Waals surface area contributed by atoms with Crippen molar-refractivity contribution in [2.75, 3.05) is 11.9 Å². The summed E-state index contributed by atoms with van der Waals surface area (Å²) >= 11 is 0. The van der Waals surface area contributed by atoms with Gasteiger partial charge >= 0.3 is 5.69 Å². The number of benzene rings is 1. The number of anilines is 1. The highest BCUT2D eigenvalue weighted by Gasteiger charge is 2.19. The van der Waals surface area contributed by atoms with E-state index in [1.165, 1.54) is 43.1 Å². The summed E-state index contributed by atoms with van der Waals surface area (Å²) in [6.07, 6.45) is 2.87. The van der Waals surface area contributed by atoms with Crippen LogP contribution < -0.4 is 21.3 Å². The van der Waals surface area contributed by atoms with Crippen molar-refractivity contribution >= 4 is 22.6 Å². The summed E-state index contributed by atoms with van der Waals surface area (Å²) in [7, 11) is 2.87. The van der Waals surface area contributed by atoms with E-state index in [4.69, 9.17) is 4.74 Å². The molecule has 0 atom stereocenters. The largest absolute Gasteiger partial charge is 0.481 e. The maximum absolute atomic E-state index is 13.7. The van der Waals surface area contributed by atoms with Gasteiger partial charge in [-0.05, 0) is 24.1 Å². The number of hydrogen-bond acceptors (Lipinski definition) is 5. The molecule has 0 spiro atoms. The molecule has 0 saturated heterocycles. The van der Waals surface area contributed by atoms with Crippen molar-refractivity contribution < 1.29 is 13.9 Å². The van der Waals surface area contributed by atoms with Crippen LogP contribution in [0.1, 0.15) is 18.9 Å². The molecule has 0 fully saturated rings. The zero-order valence-corrected chi connectivity index (χ0v) is 16.4. The second-order valence-corrected chi connectivity index (χ2v) is 6.58. The average Bonchev–Trinajstić information content (AvgIpc) is 2.71. The van der Waals surface area contributed by atoms with Crippen molar-refractivity contribution in [1.82, 2.24) is 14.1 Å². The molecule has 0 saturated carbocycles. The molecule has 152 valence electrons. The van der Waals surface area contributed by atoms with Gasteiger partial charge in [-0.15, -0.1) is 0 Å². The van der Waals surface area contributed by atoms with Gasteiger partial charge in [-0.1, -0.05) is 25.5 Å². The van der Waals surface area contributed by atoms with E-state index < -0.39 is 29.6 Å². The molecule has 29 heavy (non-hydrogen) atoms. The predicted molar refractivity (Wildman–Crippen MR) is 107 cm³/mol. The quantitative estimate of drug-likeness (QED) is 0.680. The van der Waals surface area contributed by atoms with Crippen molar-refractivity contribution in [3.05, 3.63) is 62.7 Å². The Morgan fingerprint density at radius 3 is 2.62 bits per heavy atom. The highest BCUT2D eigenvalue weighted by molar-refractivity contribution is 6.01. The Hall–Kier alpha value is -3.49. The smallest absolute Gasteiger partial charge is 0.332 e. The third kappa shape index (κ3) is 3.89. The molecule has 1 amide bonds. The van der Waals surface area contributed by atoms with Crippen molar-refractivity contribution in [3.63, 3.8) is 0 Å². The standard InChI is InChI=1S/C20H21FN4O4/c1-4-7-12-10-22-18-16(19(27)25(3)20(28)24(18)2)17(12)23-15(26)11-29-14-9-6-5-8-13(14)21/h5-6,8-10H,4,7,11H2,1-3H3,(H,22,23,26). The number of hydrogen-bond donors (Lipinski definition) is 1. The average molecular weight is 400 g/mol. The van der Waals surface area contributed by atoms with Gasteiger partial charge in [0, 0.05) is 20.3 Å². The summed E-state index contributed by atoms with van der Waals surface area (Å²) in [5.41, 5.74) is 0.0470. The van der Waals surface area contributed by atoms with Crippen molar-refractivity contribution in [2.45, 2.75) is 19.8 Å². The number of carbonyl (C=O) groups is 1. The van der Waals surface area contributed by atoms with Crippen molar-refractivity contribution in [1.29, 1.82) is 0 Å². The number of halogens is 1. The van der Waals surface area contributed by atoms with E-state index >= 15 is 0 Å². The molecule has 1 aromatic carbocycles. The Morgan fingerprint density at radius 1 is 1.21 bits per heavy atom. The topological polar surface area (TPSA) is 95.2 Å². The second kappa shape index (κ2) is 8.26. The summed E-state index contributed by atoms with van der Waals surface area (Å²) in [5, 5.41) is 2.83. The molecule has 3 rings (SSSR count). The van der Waals surface area contributed by atoms with Gasteiger partial charge in [-0.2, -0.15) is 0 Å².